The van der Waals surface area contributed by atoms with Crippen LogP contribution in [0.4, 0.5) is 0 Å². The summed E-state index contributed by atoms with van der Waals surface area (Å²) in [6.45, 7) is 0.0876. The van der Waals surface area contributed by atoms with Crippen molar-refractivity contribution in [1.82, 2.24) is 0 Å². The highest BCUT2D eigenvalue weighted by molar-refractivity contribution is 6.95. The number of hydrogen-bond donors (Lipinski definition) is 1. The monoisotopic (exact) mass is 602 g/mol. The van der Waals surface area contributed by atoms with Crippen LogP contribution in [0.3, 0.4) is 0 Å². The summed E-state index contributed by atoms with van der Waals surface area (Å²) in [5.41, 5.74) is 13.3. The molecule has 0 saturated carbocycles. The van der Waals surface area contributed by atoms with Crippen LogP contribution >= 0.6 is 0 Å². The molecular formula is C43H32B2O2. The van der Waals surface area contributed by atoms with Gasteiger partial charge >= 0.3 is 5.97 Å². The molecule has 0 aromatic heterocycles. The van der Waals surface area contributed by atoms with Crippen molar-refractivity contribution in [3.63, 3.8) is 0 Å². The Labute approximate surface area is 277 Å². The van der Waals surface area contributed by atoms with Gasteiger partial charge in [-0.25, -0.2) is 4.79 Å². The summed E-state index contributed by atoms with van der Waals surface area (Å²) >= 11 is 0. The molecule has 0 saturated heterocycles. The quantitative estimate of drug-likeness (QED) is 0.198. The van der Waals surface area contributed by atoms with E-state index < -0.39 is 5.97 Å². The van der Waals surface area contributed by atoms with E-state index in [0.29, 0.717) is 0 Å². The molecule has 0 aliphatic rings. The summed E-state index contributed by atoms with van der Waals surface area (Å²) in [5.74, 6) is -0.921. The number of hydrogen-bond acceptors (Lipinski definition) is 1. The minimum atomic E-state index is -0.921. The Morgan fingerprint density at radius 1 is 0.447 bits per heavy atom. The van der Waals surface area contributed by atoms with E-state index in [1.54, 1.807) is 12.1 Å². The van der Waals surface area contributed by atoms with Crippen molar-refractivity contribution in [2.75, 3.05) is 0 Å². The molecule has 0 radical (unpaired) electrons. The van der Waals surface area contributed by atoms with Gasteiger partial charge in [-0.1, -0.05) is 197 Å². The molecule has 0 aliphatic heterocycles. The van der Waals surface area contributed by atoms with Crippen molar-refractivity contribution >= 4 is 47.3 Å². The van der Waals surface area contributed by atoms with Crippen LogP contribution in [0.15, 0.2) is 182 Å². The van der Waals surface area contributed by atoms with Gasteiger partial charge in [0.05, 0.1) is 5.56 Å². The summed E-state index contributed by atoms with van der Waals surface area (Å²) in [6.07, 6.45) is 0. The Morgan fingerprint density at radius 3 is 1.72 bits per heavy atom. The van der Waals surface area contributed by atoms with E-state index in [1.807, 2.05) is 18.2 Å². The number of rotatable bonds is 9. The molecule has 2 nitrogen and oxygen atoms in total. The summed E-state index contributed by atoms with van der Waals surface area (Å²) < 4.78 is 0. The first-order chi connectivity index (χ1) is 23.1. The third kappa shape index (κ3) is 6.59. The second-order valence-corrected chi connectivity index (χ2v) is 11.8. The third-order valence-electron chi connectivity index (χ3n) is 8.82. The summed E-state index contributed by atoms with van der Waals surface area (Å²) in [6, 6.07) is 63.4. The second kappa shape index (κ2) is 13.6. The van der Waals surface area contributed by atoms with E-state index in [9.17, 15) is 9.90 Å². The smallest absolute Gasteiger partial charge is 0.335 e. The Morgan fingerprint density at radius 2 is 1.00 bits per heavy atom. The zero-order valence-electron chi connectivity index (χ0n) is 26.0. The molecule has 0 fully saturated rings. The lowest BCUT2D eigenvalue weighted by Gasteiger charge is -2.18. The molecule has 0 amide bonds. The SMILES string of the molecule is O=C(O)c1ccc(-c2ccccc2-c2ccccc2Bc2cccc(B(c3ccccc3)c3cccc(-c4ccccc4)c3)c2)cc1. The highest BCUT2D eigenvalue weighted by atomic mass is 16.4. The standard InChI is InChI=1S/C43H32B2O2/c46-43(47)33-27-25-32(26-28-33)39-21-7-8-22-40(39)41-23-9-10-24-42(41)44-35-16-12-20-38(30-35)45(36-17-5-2-6-18-36)37-19-11-15-34(29-37)31-13-3-1-4-14-31/h1-30,44H,(H,46,47). The van der Waals surface area contributed by atoms with Gasteiger partial charge in [-0.2, -0.15) is 0 Å². The summed E-state index contributed by atoms with van der Waals surface area (Å²) in [7, 11) is 0.780. The van der Waals surface area contributed by atoms with Crippen LogP contribution in [0.5, 0.6) is 0 Å². The lowest BCUT2D eigenvalue weighted by molar-refractivity contribution is 0.0697. The Kier molecular flexibility index (Phi) is 8.66. The first kappa shape index (κ1) is 29.8. The fourth-order valence-electron chi connectivity index (χ4n) is 6.55. The fraction of sp³-hybridized carbons (Fsp3) is 0. The minimum Gasteiger partial charge on any atom is -0.478 e. The molecule has 7 aromatic rings. The molecule has 0 heterocycles. The molecule has 0 unspecified atom stereocenters. The molecule has 7 rings (SSSR count). The van der Waals surface area contributed by atoms with Gasteiger partial charge in [-0.05, 0) is 45.5 Å². The molecule has 1 N–H and O–H groups in total. The van der Waals surface area contributed by atoms with Crippen LogP contribution in [0.2, 0.25) is 0 Å². The van der Waals surface area contributed by atoms with E-state index in [1.165, 1.54) is 44.0 Å². The molecule has 7 aromatic carbocycles. The molecule has 0 aliphatic carbocycles. The minimum absolute atomic E-state index is 0.0876. The summed E-state index contributed by atoms with van der Waals surface area (Å²) in [5, 5.41) is 9.40. The van der Waals surface area contributed by atoms with Gasteiger partial charge in [0.1, 0.15) is 0 Å². The van der Waals surface area contributed by atoms with Crippen LogP contribution in [-0.2, 0) is 0 Å². The van der Waals surface area contributed by atoms with Crippen LogP contribution in [-0.4, -0.2) is 25.1 Å². The van der Waals surface area contributed by atoms with Crippen molar-refractivity contribution in [3.8, 4) is 33.4 Å². The van der Waals surface area contributed by atoms with Gasteiger partial charge in [-0.3, -0.25) is 0 Å². The van der Waals surface area contributed by atoms with Crippen LogP contribution in [0.25, 0.3) is 33.4 Å². The molecule has 47 heavy (non-hydrogen) atoms. The zero-order valence-corrected chi connectivity index (χ0v) is 26.0. The molecule has 222 valence electrons. The highest BCUT2D eigenvalue weighted by Gasteiger charge is 2.23. The van der Waals surface area contributed by atoms with Crippen LogP contribution in [0.1, 0.15) is 10.4 Å². The summed E-state index contributed by atoms with van der Waals surface area (Å²) in [4.78, 5) is 11.5. The first-order valence-corrected chi connectivity index (χ1v) is 15.9. The van der Waals surface area contributed by atoms with Crippen molar-refractivity contribution < 1.29 is 9.90 Å². The van der Waals surface area contributed by atoms with Crippen molar-refractivity contribution in [2.45, 2.75) is 0 Å². The van der Waals surface area contributed by atoms with E-state index in [-0.39, 0.29) is 12.3 Å². The Hall–Kier alpha value is -5.86. The maximum Gasteiger partial charge on any atom is 0.335 e. The van der Waals surface area contributed by atoms with Gasteiger partial charge < -0.3 is 5.11 Å². The Bertz CT molecular complexity index is 2140. The maximum atomic E-state index is 11.5. The third-order valence-corrected chi connectivity index (χ3v) is 8.82. The van der Waals surface area contributed by atoms with Gasteiger partial charge in [-0.15, -0.1) is 0 Å². The van der Waals surface area contributed by atoms with Crippen molar-refractivity contribution in [2.24, 2.45) is 0 Å². The van der Waals surface area contributed by atoms with E-state index in [0.717, 1.165) is 24.0 Å². The predicted molar refractivity (Wildman–Crippen MR) is 200 cm³/mol. The van der Waals surface area contributed by atoms with Gasteiger partial charge in [0.15, 0.2) is 7.28 Å². The van der Waals surface area contributed by atoms with Crippen LogP contribution in [0, 0.1) is 0 Å². The lowest BCUT2D eigenvalue weighted by atomic mass is 9.36. The highest BCUT2D eigenvalue weighted by Crippen LogP contribution is 2.31. The van der Waals surface area contributed by atoms with Crippen molar-refractivity contribution in [1.29, 1.82) is 0 Å². The number of carboxylic acids is 1. The van der Waals surface area contributed by atoms with Gasteiger partial charge in [0.2, 0.25) is 6.71 Å². The number of carboxylic acid groups (broad SMARTS) is 1. The normalized spacial score (nSPS) is 10.7. The largest absolute Gasteiger partial charge is 0.478 e. The van der Waals surface area contributed by atoms with E-state index >= 15 is 0 Å². The van der Waals surface area contributed by atoms with Gasteiger partial charge in [0.25, 0.3) is 0 Å². The molecule has 4 heteroatoms. The predicted octanol–water partition coefficient (Wildman–Crippen LogP) is 6.29. The van der Waals surface area contributed by atoms with E-state index in [4.69, 9.17) is 0 Å². The average Bonchev–Trinajstić information content (AvgIpc) is 3.13. The molecule has 0 bridgehead atoms. The zero-order chi connectivity index (χ0) is 32.0. The van der Waals surface area contributed by atoms with Gasteiger partial charge in [0, 0.05) is 0 Å². The maximum absolute atomic E-state index is 11.5. The lowest BCUT2D eigenvalue weighted by Crippen LogP contribution is -2.53. The average molecular weight is 602 g/mol. The molecular weight excluding hydrogens is 570 g/mol. The first-order valence-electron chi connectivity index (χ1n) is 15.9. The van der Waals surface area contributed by atoms with E-state index in [2.05, 4.69) is 152 Å². The number of benzene rings is 7. The second-order valence-electron chi connectivity index (χ2n) is 11.8. The van der Waals surface area contributed by atoms with Crippen molar-refractivity contribution in [3.05, 3.63) is 188 Å². The number of carbonyl (C=O) groups is 1. The topological polar surface area (TPSA) is 37.3 Å². The number of aromatic carboxylic acids is 1. The Balaban J connectivity index is 1.26. The fourth-order valence-corrected chi connectivity index (χ4v) is 6.55. The van der Waals surface area contributed by atoms with Crippen LogP contribution < -0.4 is 27.3 Å². The molecule has 0 atom stereocenters. The molecule has 0 spiro atoms.